The van der Waals surface area contributed by atoms with Crippen LogP contribution in [0.15, 0.2) is 0 Å². The van der Waals surface area contributed by atoms with Gasteiger partial charge in [-0.25, -0.2) is 0 Å². The normalized spacial score (nSPS) is 33.3. The Morgan fingerprint density at radius 2 is 1.89 bits per heavy atom. The van der Waals surface area contributed by atoms with Crippen molar-refractivity contribution < 1.29 is 9.84 Å². The molecule has 2 heterocycles. The van der Waals surface area contributed by atoms with Crippen molar-refractivity contribution in [3.63, 3.8) is 0 Å². The first-order valence-electron chi connectivity index (χ1n) is 7.30. The van der Waals surface area contributed by atoms with Crippen molar-refractivity contribution >= 4 is 0 Å². The second-order valence-corrected chi connectivity index (χ2v) is 6.24. The number of ether oxygens (including phenoxy) is 1. The van der Waals surface area contributed by atoms with Gasteiger partial charge in [-0.1, -0.05) is 0 Å². The number of hydrogen-bond donors (Lipinski definition) is 2. The molecule has 2 aliphatic heterocycles. The quantitative estimate of drug-likeness (QED) is 0.744. The van der Waals surface area contributed by atoms with Gasteiger partial charge in [-0.05, 0) is 46.6 Å². The minimum Gasteiger partial charge on any atom is -0.389 e. The Hall–Kier alpha value is -0.160. The molecule has 0 aromatic carbocycles. The summed E-state index contributed by atoms with van der Waals surface area (Å²) in [5, 5.41) is 13.6. The minimum atomic E-state index is -0.370. The van der Waals surface area contributed by atoms with Gasteiger partial charge in [-0.2, -0.15) is 0 Å². The Labute approximate surface area is 111 Å². The lowest BCUT2D eigenvalue weighted by atomic mass is 9.98. The zero-order chi connectivity index (χ0) is 13.1. The van der Waals surface area contributed by atoms with Crippen LogP contribution in [0.3, 0.4) is 0 Å². The van der Waals surface area contributed by atoms with E-state index in [2.05, 4.69) is 17.3 Å². The van der Waals surface area contributed by atoms with Crippen molar-refractivity contribution in [2.45, 2.75) is 69.9 Å². The highest BCUT2D eigenvalue weighted by atomic mass is 16.5. The summed E-state index contributed by atoms with van der Waals surface area (Å²) in [6.45, 7) is 5.17. The molecule has 3 atom stereocenters. The zero-order valence-electron chi connectivity index (χ0n) is 11.9. The van der Waals surface area contributed by atoms with Gasteiger partial charge < -0.3 is 20.1 Å². The molecule has 0 spiro atoms. The number of aliphatic hydroxyl groups is 1. The summed E-state index contributed by atoms with van der Waals surface area (Å²) in [5.41, 5.74) is 0. The summed E-state index contributed by atoms with van der Waals surface area (Å²) < 4.78 is 5.46. The summed E-state index contributed by atoms with van der Waals surface area (Å²) in [6, 6.07) is 2.04. The van der Waals surface area contributed by atoms with Crippen molar-refractivity contribution in [1.82, 2.24) is 10.2 Å². The van der Waals surface area contributed by atoms with Crippen LogP contribution in [0.4, 0.5) is 0 Å². The molecule has 0 aromatic heterocycles. The molecule has 4 heteroatoms. The van der Waals surface area contributed by atoms with Crippen LogP contribution in [0, 0.1) is 0 Å². The topological polar surface area (TPSA) is 44.7 Å². The fourth-order valence-electron chi connectivity index (χ4n) is 3.22. The zero-order valence-corrected chi connectivity index (χ0v) is 11.9. The number of likely N-dealkylation sites (N-methyl/N-ethyl adjacent to an activating group) is 1. The summed E-state index contributed by atoms with van der Waals surface area (Å²) >= 11 is 0. The van der Waals surface area contributed by atoms with Crippen LogP contribution < -0.4 is 5.32 Å². The minimum absolute atomic E-state index is 0.194. The molecule has 2 rings (SSSR count). The van der Waals surface area contributed by atoms with Crippen molar-refractivity contribution in [3.05, 3.63) is 0 Å². The van der Waals surface area contributed by atoms with Gasteiger partial charge in [0.05, 0.1) is 18.8 Å². The first-order chi connectivity index (χ1) is 8.54. The van der Waals surface area contributed by atoms with E-state index in [-0.39, 0.29) is 12.2 Å². The molecular weight excluding hydrogens is 228 g/mol. The van der Waals surface area contributed by atoms with E-state index in [1.807, 2.05) is 13.8 Å². The van der Waals surface area contributed by atoms with Crippen molar-refractivity contribution in [2.75, 3.05) is 20.2 Å². The van der Waals surface area contributed by atoms with Gasteiger partial charge in [0.1, 0.15) is 0 Å². The predicted octanol–water partition coefficient (Wildman–Crippen LogP) is 0.987. The SMILES string of the molecule is CC(C)OCC(O)CN(C)C1CC2CCC(C1)N2. The van der Waals surface area contributed by atoms with E-state index >= 15 is 0 Å². The first kappa shape index (κ1) is 14.3. The molecule has 0 radical (unpaired) electrons. The summed E-state index contributed by atoms with van der Waals surface area (Å²) in [4.78, 5) is 2.32. The van der Waals surface area contributed by atoms with E-state index in [0.29, 0.717) is 24.7 Å². The van der Waals surface area contributed by atoms with Gasteiger partial charge in [0.2, 0.25) is 0 Å². The number of rotatable bonds is 6. The number of hydrogen-bond acceptors (Lipinski definition) is 4. The van der Waals surface area contributed by atoms with E-state index in [9.17, 15) is 5.11 Å². The second-order valence-electron chi connectivity index (χ2n) is 6.24. The van der Waals surface area contributed by atoms with E-state index in [0.717, 1.165) is 6.54 Å². The van der Waals surface area contributed by atoms with E-state index in [1.54, 1.807) is 0 Å². The van der Waals surface area contributed by atoms with Crippen molar-refractivity contribution in [2.24, 2.45) is 0 Å². The lowest BCUT2D eigenvalue weighted by Crippen LogP contribution is -2.49. The molecule has 0 aromatic rings. The van der Waals surface area contributed by atoms with E-state index < -0.39 is 0 Å². The van der Waals surface area contributed by atoms with Gasteiger partial charge >= 0.3 is 0 Å². The van der Waals surface area contributed by atoms with Gasteiger partial charge in [0.15, 0.2) is 0 Å². The number of fused-ring (bicyclic) bond motifs is 2. The number of piperidine rings is 1. The molecule has 0 saturated carbocycles. The Balaban J connectivity index is 1.72. The fourth-order valence-corrected chi connectivity index (χ4v) is 3.22. The first-order valence-corrected chi connectivity index (χ1v) is 7.30. The van der Waals surface area contributed by atoms with Crippen LogP contribution in [0.5, 0.6) is 0 Å². The molecule has 3 unspecified atom stereocenters. The maximum Gasteiger partial charge on any atom is 0.0900 e. The number of nitrogens with zero attached hydrogens (tertiary/aromatic N) is 1. The monoisotopic (exact) mass is 256 g/mol. The second kappa shape index (κ2) is 6.33. The molecule has 2 saturated heterocycles. The van der Waals surface area contributed by atoms with Gasteiger partial charge in [-0.3, -0.25) is 0 Å². The van der Waals surface area contributed by atoms with Gasteiger partial charge in [0.25, 0.3) is 0 Å². The third-order valence-corrected chi connectivity index (χ3v) is 4.19. The summed E-state index contributed by atoms with van der Waals surface area (Å²) in [7, 11) is 2.13. The Bertz CT molecular complexity index is 248. The third-order valence-electron chi connectivity index (χ3n) is 4.19. The van der Waals surface area contributed by atoms with Crippen LogP contribution in [-0.4, -0.2) is 60.5 Å². The lowest BCUT2D eigenvalue weighted by molar-refractivity contribution is -0.0128. The molecule has 18 heavy (non-hydrogen) atoms. The summed E-state index contributed by atoms with van der Waals surface area (Å²) in [6.07, 6.45) is 4.93. The third kappa shape index (κ3) is 3.92. The van der Waals surface area contributed by atoms with Crippen molar-refractivity contribution in [3.8, 4) is 0 Å². The average Bonchev–Trinajstić information content (AvgIpc) is 2.65. The van der Waals surface area contributed by atoms with Crippen LogP contribution in [0.2, 0.25) is 0 Å². The average molecular weight is 256 g/mol. The molecule has 106 valence electrons. The predicted molar refractivity (Wildman–Crippen MR) is 72.7 cm³/mol. The lowest BCUT2D eigenvalue weighted by Gasteiger charge is -2.36. The van der Waals surface area contributed by atoms with Crippen LogP contribution in [0.25, 0.3) is 0 Å². The van der Waals surface area contributed by atoms with Crippen LogP contribution in [0.1, 0.15) is 39.5 Å². The van der Waals surface area contributed by atoms with Crippen molar-refractivity contribution in [1.29, 1.82) is 0 Å². The largest absolute Gasteiger partial charge is 0.389 e. The Kier molecular flexibility index (Phi) is 5.01. The van der Waals surface area contributed by atoms with E-state index in [4.69, 9.17) is 4.74 Å². The molecule has 2 fully saturated rings. The highest BCUT2D eigenvalue weighted by molar-refractivity contribution is 4.95. The number of aliphatic hydroxyl groups excluding tert-OH is 1. The molecule has 2 aliphatic rings. The molecule has 2 N–H and O–H groups in total. The molecule has 0 aliphatic carbocycles. The Morgan fingerprint density at radius 3 is 2.44 bits per heavy atom. The standard InChI is InChI=1S/C14H28N2O2/c1-10(2)18-9-14(17)8-16(3)13-6-11-4-5-12(7-13)15-11/h10-15,17H,4-9H2,1-3H3. The molecule has 0 amide bonds. The van der Waals surface area contributed by atoms with Gasteiger partial charge in [0, 0.05) is 24.7 Å². The molecule has 2 bridgehead atoms. The van der Waals surface area contributed by atoms with Gasteiger partial charge in [-0.15, -0.1) is 0 Å². The molecular formula is C14H28N2O2. The van der Waals surface area contributed by atoms with Crippen LogP contribution in [-0.2, 0) is 4.74 Å². The maximum absolute atomic E-state index is 9.96. The van der Waals surface area contributed by atoms with Crippen LogP contribution >= 0.6 is 0 Å². The Morgan fingerprint density at radius 1 is 1.28 bits per heavy atom. The maximum atomic E-state index is 9.96. The fraction of sp³-hybridized carbons (Fsp3) is 1.00. The highest BCUT2D eigenvalue weighted by Gasteiger charge is 2.35. The molecule has 4 nitrogen and oxygen atoms in total. The number of nitrogens with one attached hydrogen (secondary N) is 1. The highest BCUT2D eigenvalue weighted by Crippen LogP contribution is 2.29. The van der Waals surface area contributed by atoms with E-state index in [1.165, 1.54) is 25.7 Å². The summed E-state index contributed by atoms with van der Waals surface area (Å²) in [5.74, 6) is 0. The smallest absolute Gasteiger partial charge is 0.0900 e.